The first-order valence-electron chi connectivity index (χ1n) is 8.75. The number of benzene rings is 1. The van der Waals surface area contributed by atoms with Gasteiger partial charge in [0, 0.05) is 31.1 Å². The number of piperidine rings is 1. The van der Waals surface area contributed by atoms with Crippen LogP contribution in [0.5, 0.6) is 0 Å². The Labute approximate surface area is 153 Å². The Morgan fingerprint density at radius 2 is 1.69 bits per heavy atom. The van der Waals surface area contributed by atoms with Gasteiger partial charge < -0.3 is 10.6 Å². The van der Waals surface area contributed by atoms with E-state index in [-0.39, 0.29) is 30.2 Å². The predicted octanol–water partition coefficient (Wildman–Crippen LogP) is 1.80. The summed E-state index contributed by atoms with van der Waals surface area (Å²) in [5.74, 6) is -0.765. The Morgan fingerprint density at radius 1 is 1.12 bits per heavy atom. The fourth-order valence-electron chi connectivity index (χ4n) is 3.13. The average Bonchev–Trinajstić information content (AvgIpc) is 2.57. The molecule has 0 saturated carbocycles. The molecule has 7 nitrogen and oxygen atoms in total. The van der Waals surface area contributed by atoms with Crippen molar-refractivity contribution in [1.29, 1.82) is 0 Å². The normalized spacial score (nSPS) is 15.3. The van der Waals surface area contributed by atoms with E-state index in [1.165, 1.54) is 7.05 Å². The first-order chi connectivity index (χ1) is 12.3. The van der Waals surface area contributed by atoms with Crippen LogP contribution < -0.4 is 10.6 Å². The third-order valence-corrected chi connectivity index (χ3v) is 4.29. The highest BCUT2D eigenvalue weighted by Gasteiger charge is 2.33. The highest BCUT2D eigenvalue weighted by molar-refractivity contribution is 6.03. The third-order valence-electron chi connectivity index (χ3n) is 4.29. The molecule has 0 radical (unpaired) electrons. The van der Waals surface area contributed by atoms with Crippen molar-refractivity contribution in [2.75, 3.05) is 18.9 Å². The van der Waals surface area contributed by atoms with Crippen LogP contribution in [0.4, 0.5) is 5.69 Å². The van der Waals surface area contributed by atoms with Gasteiger partial charge in [-0.3, -0.25) is 24.1 Å². The van der Waals surface area contributed by atoms with Crippen LogP contribution in [0.2, 0.25) is 0 Å². The number of likely N-dealkylation sites (tertiary alicyclic amines) is 1. The van der Waals surface area contributed by atoms with Gasteiger partial charge in [-0.2, -0.15) is 0 Å². The molecule has 4 amide bonds. The molecule has 0 unspecified atom stereocenters. The Hall–Kier alpha value is -2.70. The minimum Gasteiger partial charge on any atom is -0.355 e. The summed E-state index contributed by atoms with van der Waals surface area (Å²) in [7, 11) is 1.54. The van der Waals surface area contributed by atoms with Crippen LogP contribution in [0.15, 0.2) is 24.3 Å². The second kappa shape index (κ2) is 8.60. The highest BCUT2D eigenvalue weighted by Crippen LogP contribution is 2.25. The maximum Gasteiger partial charge on any atom is 0.251 e. The molecule has 1 heterocycles. The van der Waals surface area contributed by atoms with Crippen molar-refractivity contribution in [2.45, 2.75) is 33.1 Å². The lowest BCUT2D eigenvalue weighted by Gasteiger charge is -2.30. The number of hydrogen-bond donors (Lipinski definition) is 2. The van der Waals surface area contributed by atoms with E-state index in [2.05, 4.69) is 24.5 Å². The van der Waals surface area contributed by atoms with Crippen LogP contribution >= 0.6 is 0 Å². The second-order valence-corrected chi connectivity index (χ2v) is 6.98. The first kappa shape index (κ1) is 19.6. The van der Waals surface area contributed by atoms with E-state index in [0.717, 1.165) is 11.3 Å². The summed E-state index contributed by atoms with van der Waals surface area (Å²) in [5, 5.41) is 5.15. The van der Waals surface area contributed by atoms with Crippen molar-refractivity contribution in [3.8, 4) is 0 Å². The van der Waals surface area contributed by atoms with Gasteiger partial charge in [-0.05, 0) is 42.5 Å². The molecule has 1 fully saturated rings. The van der Waals surface area contributed by atoms with Crippen molar-refractivity contribution in [3.63, 3.8) is 0 Å². The second-order valence-electron chi connectivity index (χ2n) is 6.98. The molecule has 1 aliphatic heterocycles. The van der Waals surface area contributed by atoms with Gasteiger partial charge in [0.2, 0.25) is 17.7 Å². The van der Waals surface area contributed by atoms with E-state index in [1.807, 2.05) is 0 Å². The molecule has 26 heavy (non-hydrogen) atoms. The topological polar surface area (TPSA) is 95.6 Å². The van der Waals surface area contributed by atoms with Gasteiger partial charge in [0.1, 0.15) is 6.54 Å². The zero-order chi connectivity index (χ0) is 19.3. The molecule has 0 aliphatic carbocycles. The lowest BCUT2D eigenvalue weighted by atomic mass is 9.88. The van der Waals surface area contributed by atoms with Gasteiger partial charge in [0.15, 0.2) is 0 Å². The van der Waals surface area contributed by atoms with Gasteiger partial charge in [-0.25, -0.2) is 0 Å². The zero-order valence-corrected chi connectivity index (χ0v) is 15.4. The Bertz CT molecular complexity index is 679. The molecule has 1 saturated heterocycles. The monoisotopic (exact) mass is 359 g/mol. The lowest BCUT2D eigenvalue weighted by Crippen LogP contribution is -2.47. The van der Waals surface area contributed by atoms with E-state index in [1.54, 1.807) is 24.3 Å². The zero-order valence-electron chi connectivity index (χ0n) is 15.4. The molecule has 2 N–H and O–H groups in total. The van der Waals surface area contributed by atoms with Gasteiger partial charge >= 0.3 is 0 Å². The smallest absolute Gasteiger partial charge is 0.251 e. The Morgan fingerprint density at radius 3 is 2.19 bits per heavy atom. The Balaban J connectivity index is 1.92. The number of anilines is 1. The number of nitrogens with zero attached hydrogens (tertiary/aromatic N) is 1. The summed E-state index contributed by atoms with van der Waals surface area (Å²) in [6.45, 7) is 3.83. The summed E-state index contributed by atoms with van der Waals surface area (Å²) >= 11 is 0. The van der Waals surface area contributed by atoms with Crippen molar-refractivity contribution >= 4 is 29.3 Å². The van der Waals surface area contributed by atoms with Crippen LogP contribution in [0.1, 0.15) is 43.5 Å². The van der Waals surface area contributed by atoms with E-state index in [4.69, 9.17) is 0 Å². The summed E-state index contributed by atoms with van der Waals surface area (Å²) in [6, 6.07) is 6.37. The molecule has 0 atom stereocenters. The van der Waals surface area contributed by atoms with E-state index < -0.39 is 5.91 Å². The number of carbonyl (C=O) groups excluding carboxylic acids is 4. The van der Waals surface area contributed by atoms with Crippen LogP contribution in [-0.4, -0.2) is 42.1 Å². The number of carbonyl (C=O) groups is 4. The standard InChI is InChI=1S/C19H25N3O4/c1-12(2)8-13-9-17(24)22(18(25)10-13)11-16(23)21-15-6-4-14(5-7-15)19(26)20-3/h4-7,12-13H,8-11H2,1-3H3,(H,20,26)(H,21,23). The molecule has 1 aliphatic rings. The quantitative estimate of drug-likeness (QED) is 0.757. The molecule has 2 rings (SSSR count). The number of rotatable bonds is 6. The average molecular weight is 359 g/mol. The highest BCUT2D eigenvalue weighted by atomic mass is 16.2. The van der Waals surface area contributed by atoms with Gasteiger partial charge in [-0.1, -0.05) is 13.8 Å². The number of nitrogens with one attached hydrogen (secondary N) is 2. The number of imide groups is 1. The number of hydrogen-bond acceptors (Lipinski definition) is 4. The minimum atomic E-state index is -0.443. The van der Waals surface area contributed by atoms with E-state index in [9.17, 15) is 19.2 Å². The van der Waals surface area contributed by atoms with Gasteiger partial charge in [0.25, 0.3) is 5.91 Å². The molecule has 0 bridgehead atoms. The van der Waals surface area contributed by atoms with Crippen molar-refractivity contribution < 1.29 is 19.2 Å². The Kier molecular flexibility index (Phi) is 6.49. The first-order valence-corrected chi connectivity index (χ1v) is 8.75. The van der Waals surface area contributed by atoms with Gasteiger partial charge in [0.05, 0.1) is 0 Å². The van der Waals surface area contributed by atoms with Gasteiger partial charge in [-0.15, -0.1) is 0 Å². The predicted molar refractivity (Wildman–Crippen MR) is 97.4 cm³/mol. The lowest BCUT2D eigenvalue weighted by molar-refractivity contribution is -0.152. The summed E-state index contributed by atoms with van der Waals surface area (Å²) in [5.41, 5.74) is 0.973. The SMILES string of the molecule is CNC(=O)c1ccc(NC(=O)CN2C(=O)CC(CC(C)C)CC2=O)cc1. The molecular weight excluding hydrogens is 334 g/mol. The fraction of sp³-hybridized carbons (Fsp3) is 0.474. The largest absolute Gasteiger partial charge is 0.355 e. The molecule has 0 spiro atoms. The summed E-state index contributed by atoms with van der Waals surface area (Å²) in [4.78, 5) is 49.1. The molecular formula is C19H25N3O4. The summed E-state index contributed by atoms with van der Waals surface area (Å²) < 4.78 is 0. The summed E-state index contributed by atoms with van der Waals surface area (Å²) in [6.07, 6.45) is 1.44. The van der Waals surface area contributed by atoms with E-state index >= 15 is 0 Å². The molecule has 140 valence electrons. The number of amides is 4. The molecule has 0 aromatic heterocycles. The molecule has 1 aromatic carbocycles. The van der Waals surface area contributed by atoms with Crippen molar-refractivity contribution in [3.05, 3.63) is 29.8 Å². The van der Waals surface area contributed by atoms with Crippen LogP contribution in [0.25, 0.3) is 0 Å². The van der Waals surface area contributed by atoms with Crippen LogP contribution in [0.3, 0.4) is 0 Å². The van der Waals surface area contributed by atoms with Crippen molar-refractivity contribution in [1.82, 2.24) is 10.2 Å². The molecule has 1 aromatic rings. The third kappa shape index (κ3) is 5.15. The van der Waals surface area contributed by atoms with Crippen molar-refractivity contribution in [2.24, 2.45) is 11.8 Å². The maximum absolute atomic E-state index is 12.2. The maximum atomic E-state index is 12.2. The molecule has 7 heteroatoms. The fourth-order valence-corrected chi connectivity index (χ4v) is 3.13. The van der Waals surface area contributed by atoms with Crippen LogP contribution in [-0.2, 0) is 14.4 Å². The minimum absolute atomic E-state index is 0.0616. The van der Waals surface area contributed by atoms with E-state index in [0.29, 0.717) is 30.0 Å². The van der Waals surface area contributed by atoms with Crippen LogP contribution in [0, 0.1) is 11.8 Å².